The van der Waals surface area contributed by atoms with Gasteiger partial charge in [-0.3, -0.25) is 0 Å². The first-order valence-electron chi connectivity index (χ1n) is 3.76. The summed E-state index contributed by atoms with van der Waals surface area (Å²) in [5.41, 5.74) is 7.22. The lowest BCUT2D eigenvalue weighted by atomic mass is 10.2. The van der Waals surface area contributed by atoms with Crippen LogP contribution < -0.4 is 10.5 Å². The normalized spacial score (nSPS) is 8.77. The Balaban J connectivity index is 2.98. The van der Waals surface area contributed by atoms with E-state index in [9.17, 15) is 0 Å². The number of ether oxygens (including phenoxy) is 1. The van der Waals surface area contributed by atoms with Crippen molar-refractivity contribution in [1.29, 1.82) is 0 Å². The first kappa shape index (κ1) is 9.94. The number of anilines is 1. The molecular weight excluding hydrogens is 230 g/mol. The highest BCUT2D eigenvalue weighted by atomic mass is 79.9. The maximum atomic E-state index is 5.74. The van der Waals surface area contributed by atoms with Crippen molar-refractivity contribution in [1.82, 2.24) is 0 Å². The third kappa shape index (κ3) is 2.67. The third-order valence-electron chi connectivity index (χ3n) is 1.55. The Morgan fingerprint density at radius 1 is 1.54 bits per heavy atom. The summed E-state index contributed by atoms with van der Waals surface area (Å²) in [6, 6.07) is 5.46. The number of alkyl halides is 1. The van der Waals surface area contributed by atoms with E-state index in [0.29, 0.717) is 11.0 Å². The Bertz CT molecular complexity index is 352. The number of nitrogens with two attached hydrogens (primary N) is 1. The number of benzene rings is 1. The molecular formula is C10H10BrNO. The van der Waals surface area contributed by atoms with E-state index in [1.807, 2.05) is 12.1 Å². The van der Waals surface area contributed by atoms with Crippen molar-refractivity contribution in [3.63, 3.8) is 0 Å². The Morgan fingerprint density at radius 2 is 2.31 bits per heavy atom. The molecule has 1 aromatic carbocycles. The first-order chi connectivity index (χ1) is 6.27. The second-order valence-electron chi connectivity index (χ2n) is 2.39. The zero-order chi connectivity index (χ0) is 9.68. The average molecular weight is 240 g/mol. The van der Waals surface area contributed by atoms with Gasteiger partial charge >= 0.3 is 0 Å². The summed E-state index contributed by atoms with van der Waals surface area (Å²) in [4.78, 5) is 0. The maximum Gasteiger partial charge on any atom is 0.121 e. The fourth-order valence-electron chi connectivity index (χ4n) is 0.910. The molecule has 0 aliphatic carbocycles. The number of hydrogen-bond acceptors (Lipinski definition) is 2. The molecule has 0 spiro atoms. The molecule has 0 unspecified atom stereocenters. The van der Waals surface area contributed by atoms with Crippen LogP contribution in [0.25, 0.3) is 0 Å². The summed E-state index contributed by atoms with van der Waals surface area (Å²) >= 11 is 3.22. The second kappa shape index (κ2) is 4.78. The van der Waals surface area contributed by atoms with Gasteiger partial charge in [-0.05, 0) is 12.1 Å². The van der Waals surface area contributed by atoms with Crippen LogP contribution in [0.5, 0.6) is 5.75 Å². The van der Waals surface area contributed by atoms with Crippen LogP contribution in [-0.4, -0.2) is 12.4 Å². The van der Waals surface area contributed by atoms with Crippen LogP contribution >= 0.6 is 15.9 Å². The van der Waals surface area contributed by atoms with Crippen LogP contribution in [0.3, 0.4) is 0 Å². The highest BCUT2D eigenvalue weighted by Crippen LogP contribution is 2.18. The molecule has 13 heavy (non-hydrogen) atoms. The second-order valence-corrected chi connectivity index (χ2v) is 2.95. The van der Waals surface area contributed by atoms with E-state index in [1.54, 1.807) is 13.2 Å². The molecule has 0 atom stereocenters. The van der Waals surface area contributed by atoms with E-state index in [1.165, 1.54) is 0 Å². The van der Waals surface area contributed by atoms with Gasteiger partial charge in [0.1, 0.15) is 5.75 Å². The predicted octanol–water partition coefficient (Wildman–Crippen LogP) is 2.02. The number of nitrogen functional groups attached to an aromatic ring is 1. The molecule has 0 saturated heterocycles. The molecule has 2 N–H and O–H groups in total. The molecule has 0 heterocycles. The van der Waals surface area contributed by atoms with Gasteiger partial charge in [0, 0.05) is 11.6 Å². The number of hydrogen-bond donors (Lipinski definition) is 1. The van der Waals surface area contributed by atoms with Crippen LogP contribution in [0.4, 0.5) is 5.69 Å². The molecule has 0 aliphatic heterocycles. The Morgan fingerprint density at radius 3 is 2.85 bits per heavy atom. The molecule has 3 heteroatoms. The highest BCUT2D eigenvalue weighted by molar-refractivity contribution is 9.09. The fraction of sp³-hybridized carbons (Fsp3) is 0.200. The summed E-state index contributed by atoms with van der Waals surface area (Å²) in [5, 5.41) is 0.651. The Labute approximate surface area is 86.2 Å². The van der Waals surface area contributed by atoms with E-state index in [0.717, 1.165) is 11.3 Å². The van der Waals surface area contributed by atoms with Crippen molar-refractivity contribution in [2.24, 2.45) is 0 Å². The van der Waals surface area contributed by atoms with Gasteiger partial charge in [0.2, 0.25) is 0 Å². The predicted molar refractivity (Wildman–Crippen MR) is 58.1 cm³/mol. The molecule has 0 radical (unpaired) electrons. The number of methoxy groups -OCH3 is 1. The van der Waals surface area contributed by atoms with Crippen molar-refractivity contribution in [2.75, 3.05) is 18.2 Å². The van der Waals surface area contributed by atoms with Crippen LogP contribution in [0.1, 0.15) is 5.56 Å². The molecule has 0 bridgehead atoms. The van der Waals surface area contributed by atoms with Crippen molar-refractivity contribution in [3.8, 4) is 17.6 Å². The maximum absolute atomic E-state index is 5.74. The molecule has 0 amide bonds. The molecule has 0 aromatic heterocycles. The van der Waals surface area contributed by atoms with Gasteiger partial charge in [0.05, 0.1) is 18.1 Å². The van der Waals surface area contributed by atoms with Crippen LogP contribution in [-0.2, 0) is 0 Å². The summed E-state index contributed by atoms with van der Waals surface area (Å²) in [5.74, 6) is 6.58. The smallest absolute Gasteiger partial charge is 0.121 e. The Hall–Kier alpha value is -1.14. The highest BCUT2D eigenvalue weighted by Gasteiger charge is 1.96. The van der Waals surface area contributed by atoms with E-state index >= 15 is 0 Å². The molecule has 1 aromatic rings. The summed E-state index contributed by atoms with van der Waals surface area (Å²) in [6.07, 6.45) is 0. The van der Waals surface area contributed by atoms with E-state index < -0.39 is 0 Å². The quantitative estimate of drug-likeness (QED) is 0.463. The van der Waals surface area contributed by atoms with Gasteiger partial charge in [0.15, 0.2) is 0 Å². The minimum absolute atomic E-state index is 0.646. The van der Waals surface area contributed by atoms with Gasteiger partial charge < -0.3 is 10.5 Å². The summed E-state index contributed by atoms with van der Waals surface area (Å²) < 4.78 is 5.02. The first-order valence-corrected chi connectivity index (χ1v) is 4.88. The summed E-state index contributed by atoms with van der Waals surface area (Å²) in [7, 11) is 1.61. The van der Waals surface area contributed by atoms with E-state index in [2.05, 4.69) is 27.8 Å². The van der Waals surface area contributed by atoms with Crippen molar-refractivity contribution >= 4 is 21.6 Å². The van der Waals surface area contributed by atoms with Crippen LogP contribution in [0.2, 0.25) is 0 Å². The number of halogens is 1. The molecule has 68 valence electrons. The zero-order valence-corrected chi connectivity index (χ0v) is 8.89. The minimum atomic E-state index is 0.646. The van der Waals surface area contributed by atoms with Gasteiger partial charge in [0.25, 0.3) is 0 Å². The molecule has 1 rings (SSSR count). The monoisotopic (exact) mass is 239 g/mol. The van der Waals surface area contributed by atoms with Gasteiger partial charge in [-0.2, -0.15) is 0 Å². The Kier molecular flexibility index (Phi) is 3.66. The fourth-order valence-corrected chi connectivity index (χ4v) is 1.05. The summed E-state index contributed by atoms with van der Waals surface area (Å²) in [6.45, 7) is 0. The van der Waals surface area contributed by atoms with E-state index in [-0.39, 0.29) is 0 Å². The lowest BCUT2D eigenvalue weighted by Gasteiger charge is -2.02. The standard InChI is InChI=1S/C10H10BrNO/c1-13-9-5-4-8(3-2-6-11)10(12)7-9/h4-5,7H,6,12H2,1H3. The third-order valence-corrected chi connectivity index (χ3v) is 1.83. The number of rotatable bonds is 1. The molecule has 0 saturated carbocycles. The van der Waals surface area contributed by atoms with Crippen molar-refractivity contribution in [2.45, 2.75) is 0 Å². The lowest BCUT2D eigenvalue weighted by molar-refractivity contribution is 0.415. The van der Waals surface area contributed by atoms with Crippen molar-refractivity contribution < 1.29 is 4.74 Å². The zero-order valence-electron chi connectivity index (χ0n) is 7.30. The minimum Gasteiger partial charge on any atom is -0.497 e. The van der Waals surface area contributed by atoms with Gasteiger partial charge in [-0.15, -0.1) is 0 Å². The van der Waals surface area contributed by atoms with Gasteiger partial charge in [-0.1, -0.05) is 27.8 Å². The SMILES string of the molecule is COc1ccc(C#CCBr)c(N)c1. The van der Waals surface area contributed by atoms with Crippen molar-refractivity contribution in [3.05, 3.63) is 23.8 Å². The van der Waals surface area contributed by atoms with Crippen LogP contribution in [0, 0.1) is 11.8 Å². The molecule has 0 fully saturated rings. The average Bonchev–Trinajstić information content (AvgIpc) is 2.16. The topological polar surface area (TPSA) is 35.2 Å². The van der Waals surface area contributed by atoms with Gasteiger partial charge in [-0.25, -0.2) is 0 Å². The molecule has 2 nitrogen and oxygen atoms in total. The largest absolute Gasteiger partial charge is 0.497 e. The van der Waals surface area contributed by atoms with E-state index in [4.69, 9.17) is 10.5 Å². The van der Waals surface area contributed by atoms with Crippen LogP contribution in [0.15, 0.2) is 18.2 Å². The lowest BCUT2D eigenvalue weighted by Crippen LogP contribution is -1.91. The molecule has 0 aliphatic rings.